The third-order valence-electron chi connectivity index (χ3n) is 5.23. The summed E-state index contributed by atoms with van der Waals surface area (Å²) in [7, 11) is -3.31. The Labute approximate surface area is 185 Å². The molecular weight excluding hydrogens is 434 g/mol. The molecule has 1 amide bonds. The van der Waals surface area contributed by atoms with Crippen molar-refractivity contribution in [2.24, 2.45) is 0 Å². The number of rotatable bonds is 7. The minimum atomic E-state index is -3.31. The van der Waals surface area contributed by atoms with E-state index < -0.39 is 9.84 Å². The van der Waals surface area contributed by atoms with Crippen LogP contribution < -0.4 is 5.32 Å². The second-order valence-electron chi connectivity index (χ2n) is 7.50. The Balaban J connectivity index is 1.45. The van der Waals surface area contributed by atoms with Crippen LogP contribution in [0.2, 0.25) is 0 Å². The average Bonchev–Trinajstić information content (AvgIpc) is 3.45. The summed E-state index contributed by atoms with van der Waals surface area (Å²) in [4.78, 5) is 17.4. The number of carbonyl (C=O) groups excluding carboxylic acids is 1. The van der Waals surface area contributed by atoms with E-state index in [-0.39, 0.29) is 11.2 Å². The number of benzene rings is 1. The highest BCUT2D eigenvalue weighted by Crippen LogP contribution is 2.30. The first-order valence-corrected chi connectivity index (χ1v) is 12.6. The lowest BCUT2D eigenvalue weighted by molar-refractivity contribution is 0.102. The van der Waals surface area contributed by atoms with E-state index >= 15 is 0 Å². The van der Waals surface area contributed by atoms with Crippen molar-refractivity contribution in [3.63, 3.8) is 0 Å². The lowest BCUT2D eigenvalue weighted by atomic mass is 10.2. The molecule has 0 unspecified atom stereocenters. The van der Waals surface area contributed by atoms with Gasteiger partial charge in [0.2, 0.25) is 0 Å². The molecule has 3 aromatic rings. The Morgan fingerprint density at radius 1 is 1.19 bits per heavy atom. The summed E-state index contributed by atoms with van der Waals surface area (Å²) in [5, 5.41) is 7.07. The minimum Gasteiger partial charge on any atom is -0.361 e. The highest BCUT2D eigenvalue weighted by atomic mass is 32.2. The topological polar surface area (TPSA) is 102 Å². The Bertz CT molecular complexity index is 1170. The molecule has 0 aliphatic heterocycles. The molecule has 1 saturated carbocycles. The van der Waals surface area contributed by atoms with Crippen LogP contribution in [0.3, 0.4) is 0 Å². The van der Waals surface area contributed by atoms with Crippen LogP contribution in [-0.4, -0.2) is 29.7 Å². The number of pyridine rings is 1. The maximum absolute atomic E-state index is 12.8. The Morgan fingerprint density at radius 3 is 2.61 bits per heavy atom. The fraction of sp³-hybridized carbons (Fsp3) is 0.318. The van der Waals surface area contributed by atoms with Crippen LogP contribution in [0.15, 0.2) is 63.1 Å². The molecule has 1 aliphatic carbocycles. The van der Waals surface area contributed by atoms with E-state index in [2.05, 4.69) is 15.5 Å². The van der Waals surface area contributed by atoms with Gasteiger partial charge < -0.3 is 9.84 Å². The second kappa shape index (κ2) is 9.23. The van der Waals surface area contributed by atoms with Crippen molar-refractivity contribution in [2.75, 3.05) is 5.32 Å². The molecule has 1 aliphatic rings. The van der Waals surface area contributed by atoms with Gasteiger partial charge in [0.15, 0.2) is 9.84 Å². The van der Waals surface area contributed by atoms with E-state index in [4.69, 9.17) is 4.52 Å². The molecule has 1 N–H and O–H groups in total. The molecule has 0 bridgehead atoms. The van der Waals surface area contributed by atoms with E-state index in [9.17, 15) is 13.2 Å². The quantitative estimate of drug-likeness (QED) is 0.516. The Hall–Kier alpha value is -2.65. The van der Waals surface area contributed by atoms with Crippen molar-refractivity contribution >= 4 is 33.2 Å². The Morgan fingerprint density at radius 2 is 1.94 bits per heavy atom. The van der Waals surface area contributed by atoms with Gasteiger partial charge in [0.25, 0.3) is 5.91 Å². The summed E-state index contributed by atoms with van der Waals surface area (Å²) in [5.74, 6) is 0.953. The van der Waals surface area contributed by atoms with Crippen LogP contribution in [-0.2, 0) is 15.6 Å². The van der Waals surface area contributed by atoms with Gasteiger partial charge in [-0.25, -0.2) is 13.4 Å². The summed E-state index contributed by atoms with van der Waals surface area (Å²) in [6, 6.07) is 11.6. The highest BCUT2D eigenvalue weighted by molar-refractivity contribution is 7.98. The van der Waals surface area contributed by atoms with Gasteiger partial charge in [-0.2, -0.15) is 0 Å². The molecule has 7 nitrogen and oxygen atoms in total. The standard InChI is InChI=1S/C22H23N3O4S2/c1-15-13-17(25-29-15)14-30-22-20(7-4-12-23-22)21(26)24-16-8-10-19(11-9-16)31(27,28)18-5-2-3-6-18/h4,7-13,18H,2-3,5-6,14H2,1H3,(H,24,26). The zero-order valence-corrected chi connectivity index (χ0v) is 18.7. The number of amides is 1. The molecule has 4 rings (SSSR count). The number of hydrogen-bond acceptors (Lipinski definition) is 7. The summed E-state index contributed by atoms with van der Waals surface area (Å²) < 4.78 is 30.5. The largest absolute Gasteiger partial charge is 0.361 e. The third-order valence-corrected chi connectivity index (χ3v) is 8.55. The van der Waals surface area contributed by atoms with Gasteiger partial charge in [-0.05, 0) is 56.2 Å². The minimum absolute atomic E-state index is 0.295. The lowest BCUT2D eigenvalue weighted by Gasteiger charge is -2.12. The summed E-state index contributed by atoms with van der Waals surface area (Å²) in [5.41, 5.74) is 1.75. The average molecular weight is 458 g/mol. The molecule has 2 heterocycles. The van der Waals surface area contributed by atoms with Crippen molar-refractivity contribution < 1.29 is 17.7 Å². The summed E-state index contributed by atoms with van der Waals surface area (Å²) in [6.07, 6.45) is 4.99. The molecule has 0 spiro atoms. The summed E-state index contributed by atoms with van der Waals surface area (Å²) >= 11 is 1.40. The monoisotopic (exact) mass is 457 g/mol. The van der Waals surface area contributed by atoms with Crippen molar-refractivity contribution in [2.45, 2.75) is 53.5 Å². The van der Waals surface area contributed by atoms with E-state index in [1.807, 2.05) is 13.0 Å². The molecule has 31 heavy (non-hydrogen) atoms. The van der Waals surface area contributed by atoms with Crippen LogP contribution >= 0.6 is 11.8 Å². The Kier molecular flexibility index (Phi) is 6.43. The van der Waals surface area contributed by atoms with Gasteiger partial charge in [0, 0.05) is 23.7 Å². The van der Waals surface area contributed by atoms with Crippen LogP contribution in [0.1, 0.15) is 47.5 Å². The fourth-order valence-electron chi connectivity index (χ4n) is 3.62. The van der Waals surface area contributed by atoms with Gasteiger partial charge in [-0.15, -0.1) is 0 Å². The fourth-order valence-corrected chi connectivity index (χ4v) is 6.35. The van der Waals surface area contributed by atoms with Crippen molar-refractivity contribution in [1.82, 2.24) is 10.1 Å². The maximum atomic E-state index is 12.8. The van der Waals surface area contributed by atoms with Crippen molar-refractivity contribution in [1.29, 1.82) is 0 Å². The highest BCUT2D eigenvalue weighted by Gasteiger charge is 2.30. The molecule has 1 aromatic carbocycles. The number of thioether (sulfide) groups is 1. The van der Waals surface area contributed by atoms with E-state index in [1.54, 1.807) is 42.6 Å². The van der Waals surface area contributed by atoms with E-state index in [0.717, 1.165) is 37.1 Å². The third kappa shape index (κ3) is 4.99. The SMILES string of the molecule is Cc1cc(CSc2ncccc2C(=O)Nc2ccc(S(=O)(=O)C3CCCC3)cc2)no1. The van der Waals surface area contributed by atoms with Gasteiger partial charge in [0.05, 0.1) is 21.4 Å². The molecule has 9 heteroatoms. The molecule has 0 saturated heterocycles. The number of aromatic nitrogens is 2. The predicted octanol–water partition coefficient (Wildman–Crippen LogP) is 4.64. The summed E-state index contributed by atoms with van der Waals surface area (Å²) in [6.45, 7) is 1.82. The molecule has 162 valence electrons. The van der Waals surface area contributed by atoms with Crippen LogP contribution in [0.5, 0.6) is 0 Å². The maximum Gasteiger partial charge on any atom is 0.258 e. The first-order chi connectivity index (χ1) is 14.9. The van der Waals surface area contributed by atoms with Crippen LogP contribution in [0.25, 0.3) is 0 Å². The number of anilines is 1. The van der Waals surface area contributed by atoms with Crippen molar-refractivity contribution in [3.8, 4) is 0 Å². The number of sulfone groups is 1. The number of carbonyl (C=O) groups is 1. The number of nitrogens with zero attached hydrogens (tertiary/aromatic N) is 2. The molecule has 0 atom stereocenters. The van der Waals surface area contributed by atoms with Gasteiger partial charge in [-0.3, -0.25) is 4.79 Å². The lowest BCUT2D eigenvalue weighted by Crippen LogP contribution is -2.18. The van der Waals surface area contributed by atoms with Gasteiger partial charge >= 0.3 is 0 Å². The zero-order valence-electron chi connectivity index (χ0n) is 17.1. The first kappa shape index (κ1) is 21.6. The van der Waals surface area contributed by atoms with E-state index in [0.29, 0.717) is 26.9 Å². The molecule has 2 aromatic heterocycles. The van der Waals surface area contributed by atoms with Gasteiger partial charge in [-0.1, -0.05) is 29.8 Å². The van der Waals surface area contributed by atoms with E-state index in [1.165, 1.54) is 11.8 Å². The second-order valence-corrected chi connectivity index (χ2v) is 10.7. The number of hydrogen-bond donors (Lipinski definition) is 1. The van der Waals surface area contributed by atoms with Crippen molar-refractivity contribution in [3.05, 3.63) is 65.7 Å². The first-order valence-electron chi connectivity index (χ1n) is 10.1. The smallest absolute Gasteiger partial charge is 0.258 e. The molecule has 0 radical (unpaired) electrons. The number of nitrogens with one attached hydrogen (secondary N) is 1. The predicted molar refractivity (Wildman–Crippen MR) is 119 cm³/mol. The van der Waals surface area contributed by atoms with Crippen LogP contribution in [0.4, 0.5) is 5.69 Å². The molecule has 1 fully saturated rings. The molecular formula is C22H23N3O4S2. The normalized spacial score (nSPS) is 14.6. The number of aryl methyl sites for hydroxylation is 1. The van der Waals surface area contributed by atoms with Gasteiger partial charge in [0.1, 0.15) is 10.8 Å². The zero-order chi connectivity index (χ0) is 21.8. The van der Waals surface area contributed by atoms with Crippen LogP contribution in [0, 0.1) is 6.92 Å².